The van der Waals surface area contributed by atoms with Crippen molar-refractivity contribution in [3.05, 3.63) is 57.1 Å². The van der Waals surface area contributed by atoms with Crippen molar-refractivity contribution in [2.75, 3.05) is 24.6 Å². The molecule has 0 N–H and O–H groups in total. The van der Waals surface area contributed by atoms with Crippen molar-refractivity contribution >= 4 is 11.5 Å². The summed E-state index contributed by atoms with van der Waals surface area (Å²) < 4.78 is 7.20. The van der Waals surface area contributed by atoms with Gasteiger partial charge in [0.1, 0.15) is 0 Å². The largest absolute Gasteiger partial charge is 0.487 e. The molecule has 0 amide bonds. The van der Waals surface area contributed by atoms with Crippen LogP contribution >= 0.6 is 0 Å². The van der Waals surface area contributed by atoms with Crippen molar-refractivity contribution < 1.29 is 9.66 Å². The molecule has 0 radical (unpaired) electrons. The fourth-order valence-electron chi connectivity index (χ4n) is 2.95. The average Bonchev–Trinajstić information content (AvgIpc) is 2.63. The third kappa shape index (κ3) is 3.78. The number of hydrogen-bond acceptors (Lipinski definition) is 6. The highest BCUT2D eigenvalue weighted by Gasteiger charge is 2.23. The van der Waals surface area contributed by atoms with Gasteiger partial charge in [0.15, 0.2) is 11.6 Å². The molecule has 0 aliphatic carbocycles. The molecule has 8 heteroatoms. The van der Waals surface area contributed by atoms with Crippen LogP contribution in [0.2, 0.25) is 0 Å². The van der Waals surface area contributed by atoms with Crippen LogP contribution in [0.25, 0.3) is 0 Å². The maximum Gasteiger partial charge on any atom is 0.310 e. The zero-order valence-electron chi connectivity index (χ0n) is 14.0. The number of benzene rings is 1. The normalized spacial score (nSPS) is 15.2. The van der Waals surface area contributed by atoms with E-state index in [9.17, 15) is 14.9 Å². The Morgan fingerprint density at radius 1 is 1.32 bits per heavy atom. The summed E-state index contributed by atoms with van der Waals surface area (Å²) in [6, 6.07) is 6.40. The number of anilines is 1. The molecule has 25 heavy (non-hydrogen) atoms. The van der Waals surface area contributed by atoms with Crippen molar-refractivity contribution in [3.63, 3.8) is 0 Å². The minimum Gasteiger partial charge on any atom is -0.487 e. The number of nitro groups is 1. The van der Waals surface area contributed by atoms with E-state index in [0.29, 0.717) is 24.1 Å². The lowest BCUT2D eigenvalue weighted by molar-refractivity contribution is -0.385. The van der Waals surface area contributed by atoms with Crippen LogP contribution in [-0.2, 0) is 7.05 Å². The SMILES string of the molecule is Cn1ccnc(N2CCC(COc3ccccc3[N+](=O)[O-])CC2)c1=O. The van der Waals surface area contributed by atoms with Crippen molar-refractivity contribution in [1.29, 1.82) is 0 Å². The molecule has 0 spiro atoms. The van der Waals surface area contributed by atoms with E-state index >= 15 is 0 Å². The number of hydrogen-bond donors (Lipinski definition) is 0. The quantitative estimate of drug-likeness (QED) is 0.608. The van der Waals surface area contributed by atoms with Gasteiger partial charge in [0, 0.05) is 38.6 Å². The number of ether oxygens (including phenoxy) is 1. The molecule has 2 heterocycles. The van der Waals surface area contributed by atoms with Gasteiger partial charge in [-0.05, 0) is 24.8 Å². The lowest BCUT2D eigenvalue weighted by Gasteiger charge is -2.32. The van der Waals surface area contributed by atoms with Crippen LogP contribution in [0.5, 0.6) is 5.75 Å². The summed E-state index contributed by atoms with van der Waals surface area (Å²) >= 11 is 0. The van der Waals surface area contributed by atoms with Crippen LogP contribution in [-0.4, -0.2) is 34.2 Å². The van der Waals surface area contributed by atoms with E-state index in [4.69, 9.17) is 4.74 Å². The Morgan fingerprint density at radius 3 is 2.76 bits per heavy atom. The first kappa shape index (κ1) is 16.9. The first-order valence-corrected chi connectivity index (χ1v) is 8.19. The van der Waals surface area contributed by atoms with E-state index in [0.717, 1.165) is 25.9 Å². The number of aromatic nitrogens is 2. The molecule has 0 saturated carbocycles. The average molecular weight is 344 g/mol. The monoisotopic (exact) mass is 344 g/mol. The smallest absolute Gasteiger partial charge is 0.310 e. The number of para-hydroxylation sites is 2. The van der Waals surface area contributed by atoms with Crippen LogP contribution in [0.1, 0.15) is 12.8 Å². The zero-order chi connectivity index (χ0) is 17.8. The molecular weight excluding hydrogens is 324 g/mol. The van der Waals surface area contributed by atoms with Gasteiger partial charge in [-0.3, -0.25) is 14.9 Å². The molecule has 1 aliphatic rings. The Morgan fingerprint density at radius 2 is 2.04 bits per heavy atom. The predicted octanol–water partition coefficient (Wildman–Crippen LogP) is 1.98. The minimum absolute atomic E-state index is 0.0167. The highest BCUT2D eigenvalue weighted by atomic mass is 16.6. The number of nitrogens with zero attached hydrogens (tertiary/aromatic N) is 4. The highest BCUT2D eigenvalue weighted by Crippen LogP contribution is 2.28. The molecule has 8 nitrogen and oxygen atoms in total. The van der Waals surface area contributed by atoms with Gasteiger partial charge in [0.2, 0.25) is 0 Å². The summed E-state index contributed by atoms with van der Waals surface area (Å²) in [5.74, 6) is 1.07. The fourth-order valence-corrected chi connectivity index (χ4v) is 2.95. The van der Waals surface area contributed by atoms with E-state index in [1.165, 1.54) is 10.6 Å². The van der Waals surface area contributed by atoms with Crippen LogP contribution in [0.3, 0.4) is 0 Å². The first-order valence-electron chi connectivity index (χ1n) is 8.19. The molecular formula is C17H20N4O4. The summed E-state index contributed by atoms with van der Waals surface area (Å²) in [6.07, 6.45) is 4.96. The molecule has 1 aromatic carbocycles. The molecule has 2 aromatic rings. The Bertz CT molecular complexity index is 812. The third-order valence-electron chi connectivity index (χ3n) is 4.45. The number of aryl methyl sites for hydroxylation is 1. The molecule has 0 atom stereocenters. The van der Waals surface area contributed by atoms with E-state index in [1.807, 2.05) is 4.90 Å². The van der Waals surface area contributed by atoms with Crippen LogP contribution in [0, 0.1) is 16.0 Å². The van der Waals surface area contributed by atoms with Gasteiger partial charge < -0.3 is 14.2 Å². The summed E-state index contributed by atoms with van der Waals surface area (Å²) in [4.78, 5) is 28.9. The van der Waals surface area contributed by atoms with Gasteiger partial charge in [-0.2, -0.15) is 0 Å². The van der Waals surface area contributed by atoms with E-state index in [-0.39, 0.29) is 11.2 Å². The molecule has 132 valence electrons. The summed E-state index contributed by atoms with van der Waals surface area (Å²) in [5, 5.41) is 11.0. The lowest BCUT2D eigenvalue weighted by atomic mass is 9.98. The summed E-state index contributed by atoms with van der Waals surface area (Å²) in [7, 11) is 1.71. The number of rotatable bonds is 5. The summed E-state index contributed by atoms with van der Waals surface area (Å²) in [6.45, 7) is 1.87. The topological polar surface area (TPSA) is 90.5 Å². The second kappa shape index (κ2) is 7.33. The Labute approximate surface area is 144 Å². The fraction of sp³-hybridized carbons (Fsp3) is 0.412. The van der Waals surface area contributed by atoms with Crippen LogP contribution in [0.15, 0.2) is 41.5 Å². The maximum atomic E-state index is 12.1. The minimum atomic E-state index is -0.436. The van der Waals surface area contributed by atoms with Gasteiger partial charge in [0.25, 0.3) is 5.56 Å². The van der Waals surface area contributed by atoms with Crippen LogP contribution < -0.4 is 15.2 Å². The zero-order valence-corrected chi connectivity index (χ0v) is 14.0. The molecule has 1 fully saturated rings. The Kier molecular flexibility index (Phi) is 4.97. The Hall–Kier alpha value is -2.90. The molecule has 0 bridgehead atoms. The molecule has 1 aliphatic heterocycles. The van der Waals surface area contributed by atoms with Gasteiger partial charge in [-0.25, -0.2) is 4.98 Å². The second-order valence-electron chi connectivity index (χ2n) is 6.13. The molecule has 0 unspecified atom stereocenters. The van der Waals surface area contributed by atoms with E-state index in [2.05, 4.69) is 4.98 Å². The lowest BCUT2D eigenvalue weighted by Crippen LogP contribution is -2.39. The van der Waals surface area contributed by atoms with Gasteiger partial charge >= 0.3 is 5.69 Å². The maximum absolute atomic E-state index is 12.1. The van der Waals surface area contributed by atoms with Crippen molar-refractivity contribution in [3.8, 4) is 5.75 Å². The Balaban J connectivity index is 1.58. The second-order valence-corrected chi connectivity index (χ2v) is 6.13. The van der Waals surface area contributed by atoms with E-state index < -0.39 is 4.92 Å². The van der Waals surface area contributed by atoms with Crippen molar-refractivity contribution in [2.45, 2.75) is 12.8 Å². The standard InChI is InChI=1S/C17H20N4O4/c1-19-11-8-18-16(17(19)22)20-9-6-13(7-10-20)12-25-15-5-3-2-4-14(15)21(23)24/h2-5,8,11,13H,6-7,9-10,12H2,1H3. The first-order chi connectivity index (χ1) is 12.1. The number of nitro benzene ring substituents is 1. The molecule has 1 saturated heterocycles. The van der Waals surface area contributed by atoms with Gasteiger partial charge in [-0.15, -0.1) is 0 Å². The van der Waals surface area contributed by atoms with Gasteiger partial charge in [0.05, 0.1) is 11.5 Å². The van der Waals surface area contributed by atoms with E-state index in [1.54, 1.807) is 37.6 Å². The summed E-state index contributed by atoms with van der Waals surface area (Å²) in [5.41, 5.74) is -0.117. The van der Waals surface area contributed by atoms with Gasteiger partial charge in [-0.1, -0.05) is 12.1 Å². The molecule has 3 rings (SSSR count). The predicted molar refractivity (Wildman–Crippen MR) is 93.0 cm³/mol. The third-order valence-corrected chi connectivity index (χ3v) is 4.45. The van der Waals surface area contributed by atoms with Crippen molar-refractivity contribution in [2.24, 2.45) is 13.0 Å². The highest BCUT2D eigenvalue weighted by molar-refractivity contribution is 5.45. The molecule has 1 aromatic heterocycles. The van der Waals surface area contributed by atoms with Crippen molar-refractivity contribution in [1.82, 2.24) is 9.55 Å². The van der Waals surface area contributed by atoms with Crippen LogP contribution in [0.4, 0.5) is 11.5 Å². The number of piperidine rings is 1.